The zero-order chi connectivity index (χ0) is 20.5. The molecule has 1 aliphatic carbocycles. The number of guanidine groups is 1. The lowest BCUT2D eigenvalue weighted by Crippen LogP contribution is -2.46. The lowest BCUT2D eigenvalue weighted by atomic mass is 9.95. The van der Waals surface area contributed by atoms with Crippen LogP contribution in [0.5, 0.6) is 5.75 Å². The van der Waals surface area contributed by atoms with Gasteiger partial charge in [-0.1, -0.05) is 24.9 Å². The van der Waals surface area contributed by atoms with Crippen molar-refractivity contribution in [1.29, 1.82) is 0 Å². The van der Waals surface area contributed by atoms with Gasteiger partial charge in [0.2, 0.25) is 0 Å². The first-order valence-corrected chi connectivity index (χ1v) is 11.3. The van der Waals surface area contributed by atoms with E-state index in [-0.39, 0.29) is 47.6 Å². The normalized spacial score (nSPS) is 20.7. The van der Waals surface area contributed by atoms with E-state index in [9.17, 15) is 13.0 Å². The van der Waals surface area contributed by atoms with Gasteiger partial charge in [0.15, 0.2) is 5.96 Å². The van der Waals surface area contributed by atoms with Crippen molar-refractivity contribution in [1.82, 2.24) is 10.6 Å². The van der Waals surface area contributed by atoms with Crippen molar-refractivity contribution < 1.29 is 17.7 Å². The smallest absolute Gasteiger partial charge is 0.387 e. The summed E-state index contributed by atoms with van der Waals surface area (Å²) in [5.41, 5.74) is 0.485. The standard InChI is InChI=1S/C19H28ClF2N3O2S.HI/c1-3-23-19(25-15-6-5-7-16(11-15)28(26)4-2)24-12-13-10-14(20)8-9-17(13)27-18(21)22;/h8-10,15-16,18H,3-7,11-12H2,1-2H3,(H2,23,24,25);1H. The second-order valence-corrected chi connectivity index (χ2v) is 9.07. The molecule has 2 rings (SSSR count). The molecule has 5 nitrogen and oxygen atoms in total. The van der Waals surface area contributed by atoms with E-state index >= 15 is 0 Å². The fourth-order valence-electron chi connectivity index (χ4n) is 3.31. The summed E-state index contributed by atoms with van der Waals surface area (Å²) < 4.78 is 41.9. The summed E-state index contributed by atoms with van der Waals surface area (Å²) in [5, 5.41) is 7.21. The first-order chi connectivity index (χ1) is 13.4. The number of nitrogens with zero attached hydrogens (tertiary/aromatic N) is 1. The first-order valence-electron chi connectivity index (χ1n) is 9.58. The van der Waals surface area contributed by atoms with Crippen molar-refractivity contribution in [3.05, 3.63) is 28.8 Å². The number of aliphatic imine (C=N–C) groups is 1. The number of hydrogen-bond donors (Lipinski definition) is 2. The Morgan fingerprint density at radius 2 is 2.14 bits per heavy atom. The SMILES string of the molecule is CCNC(=NCc1cc(Cl)ccc1OC(F)F)NC1CCCC(S(=O)CC)C1.I. The molecular weight excluding hydrogens is 535 g/mol. The van der Waals surface area contributed by atoms with Gasteiger partial charge in [-0.15, -0.1) is 24.0 Å². The number of hydrogen-bond acceptors (Lipinski definition) is 3. The van der Waals surface area contributed by atoms with Crippen molar-refractivity contribution >= 4 is 52.3 Å². The van der Waals surface area contributed by atoms with E-state index in [1.54, 1.807) is 6.07 Å². The molecule has 0 heterocycles. The molecule has 0 bridgehead atoms. The lowest BCUT2D eigenvalue weighted by molar-refractivity contribution is -0.0504. The van der Waals surface area contributed by atoms with Gasteiger partial charge in [0.1, 0.15) is 5.75 Å². The molecule has 1 aliphatic rings. The zero-order valence-electron chi connectivity index (χ0n) is 16.6. The van der Waals surface area contributed by atoms with Gasteiger partial charge in [0.05, 0.1) is 6.54 Å². The summed E-state index contributed by atoms with van der Waals surface area (Å²) in [4.78, 5) is 4.51. The minimum absolute atomic E-state index is 0. The molecule has 166 valence electrons. The molecule has 1 aromatic carbocycles. The molecule has 2 N–H and O–H groups in total. The summed E-state index contributed by atoms with van der Waals surface area (Å²) in [5.74, 6) is 1.33. The molecule has 1 saturated carbocycles. The van der Waals surface area contributed by atoms with Crippen LogP contribution in [0.25, 0.3) is 0 Å². The van der Waals surface area contributed by atoms with Gasteiger partial charge in [0, 0.05) is 45.0 Å². The maximum atomic E-state index is 12.6. The largest absolute Gasteiger partial charge is 0.434 e. The van der Waals surface area contributed by atoms with Crippen LogP contribution in [-0.2, 0) is 17.3 Å². The zero-order valence-corrected chi connectivity index (χ0v) is 20.5. The highest BCUT2D eigenvalue weighted by molar-refractivity contribution is 14.0. The number of nitrogens with one attached hydrogen (secondary N) is 2. The van der Waals surface area contributed by atoms with Gasteiger partial charge in [-0.05, 0) is 44.4 Å². The number of benzene rings is 1. The van der Waals surface area contributed by atoms with Crippen LogP contribution in [0.3, 0.4) is 0 Å². The number of alkyl halides is 2. The quantitative estimate of drug-likeness (QED) is 0.274. The highest BCUT2D eigenvalue weighted by atomic mass is 127. The number of ether oxygens (including phenoxy) is 1. The Bertz CT molecular complexity index is 697. The Hall–Kier alpha value is -0.680. The molecule has 3 atom stereocenters. The van der Waals surface area contributed by atoms with E-state index in [1.807, 2.05) is 13.8 Å². The molecule has 1 aromatic rings. The van der Waals surface area contributed by atoms with Crippen LogP contribution in [0.4, 0.5) is 8.78 Å². The van der Waals surface area contributed by atoms with Crippen LogP contribution in [0.1, 0.15) is 45.1 Å². The first kappa shape index (κ1) is 26.4. The molecule has 0 amide bonds. The fraction of sp³-hybridized carbons (Fsp3) is 0.632. The average molecular weight is 564 g/mol. The van der Waals surface area contributed by atoms with E-state index in [2.05, 4.69) is 20.4 Å². The molecule has 0 aliphatic heterocycles. The van der Waals surface area contributed by atoms with E-state index in [0.717, 1.165) is 25.7 Å². The molecule has 0 spiro atoms. The molecule has 1 fully saturated rings. The van der Waals surface area contributed by atoms with Crippen molar-refractivity contribution in [2.75, 3.05) is 12.3 Å². The fourth-order valence-corrected chi connectivity index (χ4v) is 4.85. The van der Waals surface area contributed by atoms with Crippen molar-refractivity contribution in [2.45, 2.75) is 64.0 Å². The Morgan fingerprint density at radius 3 is 2.79 bits per heavy atom. The average Bonchev–Trinajstić information content (AvgIpc) is 2.67. The van der Waals surface area contributed by atoms with Gasteiger partial charge in [-0.3, -0.25) is 4.21 Å². The minimum Gasteiger partial charge on any atom is -0.434 e. The third kappa shape index (κ3) is 8.92. The Labute approximate surface area is 195 Å². The summed E-state index contributed by atoms with van der Waals surface area (Å²) in [6.07, 6.45) is 3.83. The molecular formula is C19H29ClF2IN3O2S. The number of rotatable bonds is 8. The predicted octanol–water partition coefficient (Wildman–Crippen LogP) is 4.69. The van der Waals surface area contributed by atoms with Gasteiger partial charge >= 0.3 is 6.61 Å². The van der Waals surface area contributed by atoms with Crippen LogP contribution in [0.2, 0.25) is 5.02 Å². The van der Waals surface area contributed by atoms with Crippen LogP contribution < -0.4 is 15.4 Å². The van der Waals surface area contributed by atoms with Gasteiger partial charge in [-0.2, -0.15) is 8.78 Å². The minimum atomic E-state index is -2.91. The molecule has 29 heavy (non-hydrogen) atoms. The highest BCUT2D eigenvalue weighted by Crippen LogP contribution is 2.26. The maximum Gasteiger partial charge on any atom is 0.387 e. The highest BCUT2D eigenvalue weighted by Gasteiger charge is 2.26. The van der Waals surface area contributed by atoms with E-state index in [1.165, 1.54) is 12.1 Å². The van der Waals surface area contributed by atoms with E-state index < -0.39 is 17.4 Å². The van der Waals surface area contributed by atoms with E-state index in [0.29, 0.717) is 28.8 Å². The monoisotopic (exact) mass is 563 g/mol. The summed E-state index contributed by atoms with van der Waals surface area (Å²) in [6, 6.07) is 4.69. The van der Waals surface area contributed by atoms with Gasteiger partial charge < -0.3 is 15.4 Å². The summed E-state index contributed by atoms with van der Waals surface area (Å²) in [6.45, 7) is 1.81. The molecule has 10 heteroatoms. The molecule has 0 saturated heterocycles. The lowest BCUT2D eigenvalue weighted by Gasteiger charge is -2.30. The summed E-state index contributed by atoms with van der Waals surface area (Å²) >= 11 is 5.99. The Kier molecular flexibility index (Phi) is 12.3. The van der Waals surface area contributed by atoms with Crippen molar-refractivity contribution in [2.24, 2.45) is 4.99 Å². The van der Waals surface area contributed by atoms with Crippen LogP contribution >= 0.6 is 35.6 Å². The third-order valence-corrected chi connectivity index (χ3v) is 6.59. The molecule has 3 unspecified atom stereocenters. The maximum absolute atomic E-state index is 12.6. The van der Waals surface area contributed by atoms with Gasteiger partial charge in [-0.25, -0.2) is 4.99 Å². The van der Waals surface area contributed by atoms with Crippen molar-refractivity contribution in [3.8, 4) is 5.75 Å². The predicted molar refractivity (Wildman–Crippen MR) is 126 cm³/mol. The van der Waals surface area contributed by atoms with Crippen molar-refractivity contribution in [3.63, 3.8) is 0 Å². The Morgan fingerprint density at radius 1 is 1.38 bits per heavy atom. The molecule has 0 aromatic heterocycles. The third-order valence-electron chi connectivity index (χ3n) is 4.61. The second-order valence-electron chi connectivity index (χ2n) is 6.63. The van der Waals surface area contributed by atoms with Crippen LogP contribution in [-0.4, -0.2) is 40.4 Å². The van der Waals surface area contributed by atoms with Gasteiger partial charge in [0.25, 0.3) is 0 Å². The van der Waals surface area contributed by atoms with Crippen LogP contribution in [0, 0.1) is 0 Å². The second kappa shape index (κ2) is 13.6. The number of halogens is 4. The van der Waals surface area contributed by atoms with Crippen LogP contribution in [0.15, 0.2) is 23.2 Å². The topological polar surface area (TPSA) is 62.7 Å². The Balaban J connectivity index is 0.00000420. The van der Waals surface area contributed by atoms with E-state index in [4.69, 9.17) is 11.6 Å². The summed E-state index contributed by atoms with van der Waals surface area (Å²) in [7, 11) is -0.800. The molecule has 0 radical (unpaired) electrons.